The van der Waals surface area contributed by atoms with E-state index in [1.165, 1.54) is 47.7 Å². The molecule has 0 aliphatic carbocycles. The number of aliphatic carboxylic acids is 1. The van der Waals surface area contributed by atoms with E-state index in [9.17, 15) is 14.7 Å². The van der Waals surface area contributed by atoms with Gasteiger partial charge >= 0.3 is 5.97 Å². The molecule has 1 aromatic heterocycles. The number of carbonyl (C=O) groups excluding carboxylic acids is 1. The molecule has 196 valence electrons. The molecule has 7 nitrogen and oxygen atoms in total. The van der Waals surface area contributed by atoms with Crippen molar-refractivity contribution in [1.82, 2.24) is 4.90 Å². The second kappa shape index (κ2) is 11.7. The highest BCUT2D eigenvalue weighted by Crippen LogP contribution is 2.41. The molecule has 3 aromatic carbocycles. The molecule has 8 heteroatoms. The second-order valence-electron chi connectivity index (χ2n) is 7.80. The first-order chi connectivity index (χ1) is 23.7. The van der Waals surface area contributed by atoms with Crippen LogP contribution in [-0.2, 0) is 4.79 Å². The number of piperidine rings is 1. The number of nitrogens with zero attached hydrogens (tertiary/aromatic N) is 1. The Morgan fingerprint density at radius 2 is 1.63 bits per heavy atom. The number of benzene rings is 3. The minimum absolute atomic E-state index is 0.0404. The minimum Gasteiger partial charge on any atom is -0.508 e. The fraction of sp³-hybridized carbons (Fsp3) is 0.267. The second-order valence-corrected chi connectivity index (χ2v) is 8.85. The largest absolute Gasteiger partial charge is 0.508 e. The molecular weight excluding hydrogens is 502 g/mol. The third-order valence-electron chi connectivity index (χ3n) is 5.28. The molecule has 0 atom stereocenters. The van der Waals surface area contributed by atoms with Crippen LogP contribution in [0.15, 0.2) is 66.7 Å². The maximum absolute atomic E-state index is 14.0. The van der Waals surface area contributed by atoms with Gasteiger partial charge in [-0.3, -0.25) is 9.69 Å². The van der Waals surface area contributed by atoms with Crippen molar-refractivity contribution >= 4 is 33.2 Å². The van der Waals surface area contributed by atoms with Gasteiger partial charge in [0.1, 0.15) is 23.8 Å². The van der Waals surface area contributed by atoms with Crippen LogP contribution in [0, 0.1) is 0 Å². The van der Waals surface area contributed by atoms with E-state index in [1.807, 2.05) is 0 Å². The Kier molecular flexibility index (Phi) is 4.23. The number of carboxylic acid groups (broad SMARTS) is 1. The van der Waals surface area contributed by atoms with E-state index >= 15 is 0 Å². The SMILES string of the molecule is [2H]C([2H])(Oc1ccc(C(=O)c2c(-c3ccc(OCC(=O)O)cc3)sc3cc(O)ccc23)cc1)C([2H])([2H])N1C([2H])([2H])C([2H])([2H])C([2H])([2H])C([2H])([2H])C1([2H])[2H]. The number of phenols is 1. The predicted octanol–water partition coefficient (Wildman–Crippen LogP) is 5.83. The average molecular weight is 546 g/mol. The Labute approximate surface area is 244 Å². The zero-order chi connectivity index (χ0) is 39.0. The Bertz CT molecular complexity index is 2000. The molecule has 4 aromatic rings. The standard InChI is InChI=1S/C30H29NO6S/c32-22-8-13-25-26(18-22)38-30(21-6-11-24(12-7-21)37-19-27(33)34)28(25)29(35)20-4-9-23(10-5-20)36-17-16-31-14-2-1-3-15-31/h4-13,18,32H,1-3,14-17,19H2,(H,33,34)/i1D2,2D2,3D2,14D2,15D2,16D2,17D2. The van der Waals surface area contributed by atoms with E-state index in [0.717, 1.165) is 12.1 Å². The van der Waals surface area contributed by atoms with Gasteiger partial charge in [-0.1, -0.05) is 6.37 Å². The summed E-state index contributed by atoms with van der Waals surface area (Å²) in [5.74, 6) is -1.93. The summed E-state index contributed by atoms with van der Waals surface area (Å²) < 4.78 is 126. The van der Waals surface area contributed by atoms with Gasteiger partial charge in [-0.05, 0) is 98.0 Å². The van der Waals surface area contributed by atoms with E-state index in [-0.39, 0.29) is 22.6 Å². The van der Waals surface area contributed by atoms with E-state index in [4.69, 9.17) is 33.8 Å². The van der Waals surface area contributed by atoms with E-state index in [0.29, 0.717) is 20.5 Å². The third kappa shape index (κ3) is 5.98. The number of fused-ring (bicyclic) bond motifs is 1. The number of aromatic hydroxyl groups is 1. The summed E-state index contributed by atoms with van der Waals surface area (Å²) >= 11 is 1.19. The van der Waals surface area contributed by atoms with Gasteiger partial charge in [-0.25, -0.2) is 4.79 Å². The Hall–Kier alpha value is -3.88. The lowest BCUT2D eigenvalue weighted by atomic mass is 9.97. The number of rotatable bonds is 10. The maximum atomic E-state index is 14.0. The number of ether oxygens (including phenoxy) is 2. The smallest absolute Gasteiger partial charge is 0.341 e. The molecule has 0 saturated carbocycles. The van der Waals surface area contributed by atoms with Gasteiger partial charge < -0.3 is 19.7 Å². The van der Waals surface area contributed by atoms with Crippen LogP contribution in [0.1, 0.15) is 54.2 Å². The molecule has 1 saturated heterocycles. The van der Waals surface area contributed by atoms with Crippen LogP contribution < -0.4 is 9.47 Å². The highest BCUT2D eigenvalue weighted by atomic mass is 32.1. The van der Waals surface area contributed by atoms with Gasteiger partial charge in [0.15, 0.2) is 12.4 Å². The normalized spacial score (nSPS) is 26.7. The van der Waals surface area contributed by atoms with Crippen LogP contribution in [0.5, 0.6) is 17.2 Å². The van der Waals surface area contributed by atoms with Crippen molar-refractivity contribution in [3.8, 4) is 27.7 Å². The molecule has 0 amide bonds. The number of carbonyl (C=O) groups is 2. The molecule has 2 heterocycles. The van der Waals surface area contributed by atoms with Gasteiger partial charge in [0.05, 0.1) is 2.74 Å². The van der Waals surface area contributed by atoms with Crippen LogP contribution >= 0.6 is 11.3 Å². The Morgan fingerprint density at radius 3 is 2.34 bits per heavy atom. The molecule has 2 N–H and O–H groups in total. The van der Waals surface area contributed by atoms with Crippen molar-refractivity contribution in [3.63, 3.8) is 0 Å². The Balaban J connectivity index is 1.47. The average Bonchev–Trinajstić information content (AvgIpc) is 3.41. The molecular formula is C30H29NO6S. The molecule has 5 rings (SSSR count). The van der Waals surface area contributed by atoms with Crippen LogP contribution in [0.2, 0.25) is 0 Å². The van der Waals surface area contributed by atoms with E-state index < -0.39 is 74.2 Å². The third-order valence-corrected chi connectivity index (χ3v) is 6.48. The van der Waals surface area contributed by atoms with Gasteiger partial charge in [-0.15, -0.1) is 11.3 Å². The maximum Gasteiger partial charge on any atom is 0.341 e. The predicted molar refractivity (Wildman–Crippen MR) is 148 cm³/mol. The van der Waals surface area contributed by atoms with Gasteiger partial charge in [0.2, 0.25) is 0 Å². The van der Waals surface area contributed by atoms with Crippen LogP contribution in [-0.4, -0.2) is 59.5 Å². The van der Waals surface area contributed by atoms with E-state index in [2.05, 4.69) is 0 Å². The van der Waals surface area contributed by atoms with Crippen molar-refractivity contribution in [2.45, 2.75) is 19.1 Å². The summed E-state index contributed by atoms with van der Waals surface area (Å²) in [7, 11) is 0. The number of hydrogen-bond donors (Lipinski definition) is 2. The fourth-order valence-electron chi connectivity index (χ4n) is 3.59. The summed E-state index contributed by atoms with van der Waals surface area (Å²) in [5, 5.41) is 19.4. The topological polar surface area (TPSA) is 96.3 Å². The molecule has 1 aliphatic rings. The minimum atomic E-state index is -3.99. The molecule has 0 radical (unpaired) electrons. The van der Waals surface area contributed by atoms with Crippen molar-refractivity contribution < 1.29 is 48.5 Å². The Morgan fingerprint density at radius 1 is 0.947 bits per heavy atom. The number of hydrogen-bond acceptors (Lipinski definition) is 7. The lowest BCUT2D eigenvalue weighted by Crippen LogP contribution is -2.33. The van der Waals surface area contributed by atoms with Gasteiger partial charge in [0, 0.05) is 49.0 Å². The lowest BCUT2D eigenvalue weighted by Gasteiger charge is -2.26. The summed E-state index contributed by atoms with van der Waals surface area (Å²) in [6.07, 6.45) is -11.6. The molecule has 0 unspecified atom stereocenters. The highest BCUT2D eigenvalue weighted by Gasteiger charge is 2.22. The van der Waals surface area contributed by atoms with Crippen molar-refractivity contribution in [2.24, 2.45) is 0 Å². The first-order valence-corrected chi connectivity index (χ1v) is 11.9. The van der Waals surface area contributed by atoms with Crippen molar-refractivity contribution in [2.75, 3.05) is 32.7 Å². The molecule has 38 heavy (non-hydrogen) atoms. The summed E-state index contributed by atoms with van der Waals surface area (Å²) in [5.41, 5.74) is 0.817. The molecule has 1 fully saturated rings. The fourth-order valence-corrected chi connectivity index (χ4v) is 4.83. The zero-order valence-corrected chi connectivity index (χ0v) is 20.3. The number of ketones is 1. The number of thiophene rings is 1. The molecule has 0 spiro atoms. The monoisotopic (exact) mass is 545 g/mol. The first kappa shape index (κ1) is 13.8. The quantitative estimate of drug-likeness (QED) is 0.242. The zero-order valence-electron chi connectivity index (χ0n) is 33.4. The van der Waals surface area contributed by atoms with E-state index in [1.54, 1.807) is 18.2 Å². The number of carboxylic acids is 1. The lowest BCUT2D eigenvalue weighted by molar-refractivity contribution is -0.139. The summed E-state index contributed by atoms with van der Waals surface area (Å²) in [6, 6.07) is 15.3. The highest BCUT2D eigenvalue weighted by molar-refractivity contribution is 7.22. The van der Waals surface area contributed by atoms with Gasteiger partial charge in [-0.2, -0.15) is 0 Å². The summed E-state index contributed by atoms with van der Waals surface area (Å²) in [4.78, 5) is 24.7. The van der Waals surface area contributed by atoms with Crippen LogP contribution in [0.3, 0.4) is 0 Å². The van der Waals surface area contributed by atoms with Crippen LogP contribution in [0.25, 0.3) is 20.5 Å². The number of phenolic OH excluding ortho intramolecular Hbond substituents is 1. The van der Waals surface area contributed by atoms with Crippen molar-refractivity contribution in [1.29, 1.82) is 0 Å². The van der Waals surface area contributed by atoms with Gasteiger partial charge in [0.25, 0.3) is 0 Å². The molecule has 1 aliphatic heterocycles. The van der Waals surface area contributed by atoms with Crippen molar-refractivity contribution in [3.05, 3.63) is 77.9 Å². The van der Waals surface area contributed by atoms with Crippen LogP contribution in [0.4, 0.5) is 0 Å². The molecule has 0 bridgehead atoms. The number of likely N-dealkylation sites (tertiary alicyclic amines) is 1. The first-order valence-electron chi connectivity index (χ1n) is 18.1. The summed E-state index contributed by atoms with van der Waals surface area (Å²) in [6.45, 7) is -16.2.